The molecule has 8 nitrogen and oxygen atoms in total. The van der Waals surface area contributed by atoms with Gasteiger partial charge in [0.2, 0.25) is 0 Å². The number of hydrogen-bond donors (Lipinski definition) is 2. The first-order chi connectivity index (χ1) is 15.0. The van der Waals surface area contributed by atoms with Gasteiger partial charge in [0.1, 0.15) is 0 Å². The molecule has 0 aliphatic rings. The molecule has 2 atom stereocenters. The number of benzene rings is 2. The lowest BCUT2D eigenvalue weighted by atomic mass is 10.0. The van der Waals surface area contributed by atoms with Gasteiger partial charge in [-0.1, -0.05) is 72.8 Å². The van der Waals surface area contributed by atoms with E-state index in [9.17, 15) is 16.8 Å². The van der Waals surface area contributed by atoms with Crippen LogP contribution in [0.3, 0.4) is 0 Å². The fourth-order valence-corrected chi connectivity index (χ4v) is 4.41. The van der Waals surface area contributed by atoms with Crippen molar-refractivity contribution in [2.24, 2.45) is 0 Å². The summed E-state index contributed by atoms with van der Waals surface area (Å²) in [5, 5.41) is 0. The zero-order chi connectivity index (χ0) is 23.8. The molecule has 32 heavy (non-hydrogen) atoms. The van der Waals surface area contributed by atoms with Crippen LogP contribution in [-0.2, 0) is 33.3 Å². The lowest BCUT2D eigenvalue weighted by molar-refractivity contribution is 0.493. The molecule has 176 valence electrons. The van der Waals surface area contributed by atoms with Gasteiger partial charge in [-0.05, 0) is 24.0 Å². The van der Waals surface area contributed by atoms with Crippen molar-refractivity contribution in [3.8, 4) is 0 Å². The number of nitrogens with one attached hydrogen (secondary N) is 2. The topological polar surface area (TPSA) is 98.8 Å². The predicted octanol–water partition coefficient (Wildman–Crippen LogP) is 1.56. The van der Waals surface area contributed by atoms with Crippen molar-refractivity contribution in [3.63, 3.8) is 0 Å². The maximum absolute atomic E-state index is 12.4. The van der Waals surface area contributed by atoms with Crippen molar-refractivity contribution < 1.29 is 16.8 Å². The largest absolute Gasteiger partial charge is 0.279 e. The van der Waals surface area contributed by atoms with E-state index in [1.807, 2.05) is 60.7 Å². The number of rotatable bonds is 12. The maximum Gasteiger partial charge on any atom is 0.279 e. The van der Waals surface area contributed by atoms with Crippen molar-refractivity contribution in [2.45, 2.75) is 24.9 Å². The molecule has 0 aromatic heterocycles. The Labute approximate surface area is 192 Å². The Balaban J connectivity index is 2.32. The molecule has 2 N–H and O–H groups in total. The van der Waals surface area contributed by atoms with Crippen molar-refractivity contribution >= 4 is 20.4 Å². The molecule has 0 bridgehead atoms. The van der Waals surface area contributed by atoms with Gasteiger partial charge in [-0.2, -0.15) is 34.9 Å². The van der Waals surface area contributed by atoms with Crippen LogP contribution in [0.25, 0.3) is 0 Å². The number of nitrogens with zero attached hydrogens (tertiary/aromatic N) is 2. The molecule has 0 radical (unpaired) electrons. The molecule has 0 fully saturated rings. The van der Waals surface area contributed by atoms with Gasteiger partial charge in [-0.25, -0.2) is 0 Å². The van der Waals surface area contributed by atoms with Gasteiger partial charge in [0.15, 0.2) is 0 Å². The molecule has 0 spiro atoms. The van der Waals surface area contributed by atoms with E-state index in [0.717, 1.165) is 19.7 Å². The highest BCUT2D eigenvalue weighted by molar-refractivity contribution is 7.87. The van der Waals surface area contributed by atoms with E-state index in [1.165, 1.54) is 28.2 Å². The zero-order valence-electron chi connectivity index (χ0n) is 18.8. The van der Waals surface area contributed by atoms with Crippen molar-refractivity contribution in [2.75, 3.05) is 28.2 Å². The van der Waals surface area contributed by atoms with Crippen LogP contribution < -0.4 is 9.44 Å². The first kappa shape index (κ1) is 26.2. The lowest BCUT2D eigenvalue weighted by Crippen LogP contribution is -2.44. The molecule has 0 amide bonds. The van der Waals surface area contributed by atoms with Gasteiger partial charge in [0.25, 0.3) is 20.4 Å². The van der Waals surface area contributed by atoms with Gasteiger partial charge in [-0.3, -0.25) is 0 Å². The van der Waals surface area contributed by atoms with Crippen LogP contribution >= 0.6 is 0 Å². The molecule has 0 saturated heterocycles. The minimum absolute atomic E-state index is 0.420. The third kappa shape index (κ3) is 8.45. The Bertz CT molecular complexity index is 984. The molecule has 2 aromatic carbocycles. The van der Waals surface area contributed by atoms with Crippen LogP contribution in [0.1, 0.15) is 11.1 Å². The first-order valence-corrected chi connectivity index (χ1v) is 13.0. The van der Waals surface area contributed by atoms with Gasteiger partial charge >= 0.3 is 0 Å². The standard InChI is InChI=1S/C22H32N4O4S2/c1-25(2)31(27,28)23-21(17-19-11-7-5-8-12-19)15-16-22(24-32(29,30)26(3)4)18-20-13-9-6-10-14-20/h5-16,21-24H,17-18H2,1-4H3/b16-15+/t21-,22-/m0/s1. The van der Waals surface area contributed by atoms with Crippen LogP contribution in [0.15, 0.2) is 72.8 Å². The summed E-state index contributed by atoms with van der Waals surface area (Å²) in [5.41, 5.74) is 1.91. The summed E-state index contributed by atoms with van der Waals surface area (Å²) in [6, 6.07) is 17.9. The fourth-order valence-electron chi connectivity index (χ4n) is 2.90. The second kappa shape index (κ2) is 11.7. The highest BCUT2D eigenvalue weighted by Crippen LogP contribution is 2.10. The fraction of sp³-hybridized carbons (Fsp3) is 0.364. The smallest absolute Gasteiger partial charge is 0.195 e. The molecular formula is C22H32N4O4S2. The van der Waals surface area contributed by atoms with Crippen LogP contribution in [0.2, 0.25) is 0 Å². The molecule has 0 aliphatic heterocycles. The average molecular weight is 481 g/mol. The summed E-state index contributed by atoms with van der Waals surface area (Å²) in [5.74, 6) is 0. The van der Waals surface area contributed by atoms with Gasteiger partial charge in [0, 0.05) is 40.3 Å². The molecule has 0 saturated carbocycles. The summed E-state index contributed by atoms with van der Waals surface area (Å²) in [4.78, 5) is 0. The molecule has 0 aliphatic carbocycles. The van der Waals surface area contributed by atoms with E-state index in [2.05, 4.69) is 9.44 Å². The summed E-state index contributed by atoms with van der Waals surface area (Å²) in [7, 11) is -1.56. The van der Waals surface area contributed by atoms with E-state index in [1.54, 1.807) is 12.2 Å². The first-order valence-electron chi connectivity index (χ1n) is 10.2. The lowest BCUT2D eigenvalue weighted by Gasteiger charge is -2.21. The Kier molecular flexibility index (Phi) is 9.56. The van der Waals surface area contributed by atoms with Gasteiger partial charge in [-0.15, -0.1) is 0 Å². The Hall–Kier alpha value is -2.08. The number of hydrogen-bond acceptors (Lipinski definition) is 4. The van der Waals surface area contributed by atoms with E-state index in [0.29, 0.717) is 12.8 Å². The van der Waals surface area contributed by atoms with E-state index in [4.69, 9.17) is 0 Å². The van der Waals surface area contributed by atoms with Crippen molar-refractivity contribution in [3.05, 3.63) is 83.9 Å². The van der Waals surface area contributed by atoms with Crippen LogP contribution in [0.4, 0.5) is 0 Å². The Morgan fingerprint density at radius 2 is 0.969 bits per heavy atom. The molecule has 10 heteroatoms. The van der Waals surface area contributed by atoms with Crippen LogP contribution in [0, 0.1) is 0 Å². The Morgan fingerprint density at radius 3 is 1.25 bits per heavy atom. The molecule has 0 heterocycles. The second-order valence-corrected chi connectivity index (χ2v) is 11.6. The molecule has 2 rings (SSSR count). The summed E-state index contributed by atoms with van der Waals surface area (Å²) >= 11 is 0. The summed E-state index contributed by atoms with van der Waals surface area (Å²) in [6.45, 7) is 0. The van der Waals surface area contributed by atoms with E-state index < -0.39 is 32.5 Å². The minimum Gasteiger partial charge on any atom is -0.195 e. The molecular weight excluding hydrogens is 448 g/mol. The van der Waals surface area contributed by atoms with Gasteiger partial charge < -0.3 is 0 Å². The van der Waals surface area contributed by atoms with Crippen LogP contribution in [0.5, 0.6) is 0 Å². The maximum atomic E-state index is 12.4. The average Bonchev–Trinajstić information content (AvgIpc) is 2.72. The third-order valence-electron chi connectivity index (χ3n) is 4.73. The highest BCUT2D eigenvalue weighted by Gasteiger charge is 2.21. The highest BCUT2D eigenvalue weighted by atomic mass is 32.2. The third-order valence-corrected chi connectivity index (χ3v) is 7.86. The predicted molar refractivity (Wildman–Crippen MR) is 128 cm³/mol. The SMILES string of the molecule is CN(C)S(=O)(=O)N[C@@H](/C=C/[C@@H](Cc1ccccc1)NS(=O)(=O)N(C)C)Cc1ccccc1. The monoisotopic (exact) mass is 480 g/mol. The van der Waals surface area contributed by atoms with E-state index >= 15 is 0 Å². The molecule has 2 aromatic rings. The van der Waals surface area contributed by atoms with Crippen LogP contribution in [-0.4, -0.2) is 65.7 Å². The zero-order valence-corrected chi connectivity index (χ0v) is 20.5. The van der Waals surface area contributed by atoms with E-state index in [-0.39, 0.29) is 0 Å². The summed E-state index contributed by atoms with van der Waals surface area (Å²) in [6.07, 6.45) is 4.26. The molecule has 0 unspecified atom stereocenters. The van der Waals surface area contributed by atoms with Crippen molar-refractivity contribution in [1.82, 2.24) is 18.1 Å². The van der Waals surface area contributed by atoms with Gasteiger partial charge in [0.05, 0.1) is 0 Å². The second-order valence-electron chi connectivity index (χ2n) is 7.79. The Morgan fingerprint density at radius 1 is 0.656 bits per heavy atom. The quantitative estimate of drug-likeness (QED) is 0.451. The van der Waals surface area contributed by atoms with Crippen molar-refractivity contribution in [1.29, 1.82) is 0 Å². The minimum atomic E-state index is -3.69. The normalized spacial score (nSPS) is 14.8. The summed E-state index contributed by atoms with van der Waals surface area (Å²) < 4.78 is 57.3.